The highest BCUT2D eigenvalue weighted by Crippen LogP contribution is 2.27. The Morgan fingerprint density at radius 1 is 1.31 bits per heavy atom. The molecular weight excluding hydrogens is 222 g/mol. The third-order valence-electron chi connectivity index (χ3n) is 2.81. The molecule has 0 aliphatic carbocycles. The summed E-state index contributed by atoms with van der Waals surface area (Å²) in [5.41, 5.74) is 1.12. The normalized spacial score (nSPS) is 11.3. The van der Waals surface area contributed by atoms with Crippen LogP contribution in [0.1, 0.15) is 25.3 Å². The lowest BCUT2D eigenvalue weighted by molar-refractivity contribution is 0.810. The summed E-state index contributed by atoms with van der Waals surface area (Å²) >= 11 is 6.10. The average Bonchev–Trinajstić information content (AvgIpc) is 2.22. The minimum absolute atomic E-state index is 0.0370. The number of hydrogen-bond acceptors (Lipinski definition) is 1. The first-order valence-corrected chi connectivity index (χ1v) is 5.68. The van der Waals surface area contributed by atoms with Gasteiger partial charge in [0.25, 0.3) is 5.56 Å². The Kier molecular flexibility index (Phi) is 2.76. The van der Waals surface area contributed by atoms with Gasteiger partial charge in [0, 0.05) is 13.2 Å². The van der Waals surface area contributed by atoms with E-state index in [1.807, 2.05) is 18.3 Å². The van der Waals surface area contributed by atoms with Crippen LogP contribution in [-0.4, -0.2) is 4.57 Å². The SMILES string of the molecule is CC(C)c1cn(C)c(=O)c2c(Cl)cccc12. The highest BCUT2D eigenvalue weighted by molar-refractivity contribution is 6.35. The van der Waals surface area contributed by atoms with Crippen LogP contribution in [-0.2, 0) is 7.05 Å². The number of rotatable bonds is 1. The smallest absolute Gasteiger partial charge is 0.259 e. The maximum Gasteiger partial charge on any atom is 0.259 e. The van der Waals surface area contributed by atoms with E-state index in [1.165, 1.54) is 0 Å². The molecule has 2 aromatic rings. The quantitative estimate of drug-likeness (QED) is 0.743. The molecule has 2 nitrogen and oxygen atoms in total. The molecule has 0 spiro atoms. The second-order valence-corrected chi connectivity index (χ2v) is 4.72. The molecule has 0 bridgehead atoms. The number of benzene rings is 1. The van der Waals surface area contributed by atoms with Crippen LogP contribution in [0.5, 0.6) is 0 Å². The maximum atomic E-state index is 12.0. The van der Waals surface area contributed by atoms with Crippen LogP contribution in [0.25, 0.3) is 10.8 Å². The molecule has 0 aliphatic heterocycles. The summed E-state index contributed by atoms with van der Waals surface area (Å²) in [4.78, 5) is 12.0. The van der Waals surface area contributed by atoms with Gasteiger partial charge in [0.05, 0.1) is 10.4 Å². The van der Waals surface area contributed by atoms with E-state index in [2.05, 4.69) is 13.8 Å². The second-order valence-electron chi connectivity index (χ2n) is 4.32. The number of hydrogen-bond donors (Lipinski definition) is 0. The summed E-state index contributed by atoms with van der Waals surface area (Å²) in [5, 5.41) is 2.11. The van der Waals surface area contributed by atoms with Gasteiger partial charge in [-0.2, -0.15) is 0 Å². The fraction of sp³-hybridized carbons (Fsp3) is 0.308. The van der Waals surface area contributed by atoms with E-state index in [0.29, 0.717) is 16.3 Å². The van der Waals surface area contributed by atoms with Gasteiger partial charge >= 0.3 is 0 Å². The molecule has 0 saturated heterocycles. The van der Waals surface area contributed by atoms with Crippen LogP contribution in [0, 0.1) is 0 Å². The fourth-order valence-corrected chi connectivity index (χ4v) is 2.21. The molecule has 2 rings (SSSR count). The zero-order valence-electron chi connectivity index (χ0n) is 9.62. The Labute approximate surface area is 99.5 Å². The van der Waals surface area contributed by atoms with E-state index in [-0.39, 0.29) is 5.56 Å². The lowest BCUT2D eigenvalue weighted by Crippen LogP contribution is -2.18. The van der Waals surface area contributed by atoms with Crippen molar-refractivity contribution in [2.45, 2.75) is 19.8 Å². The number of pyridine rings is 1. The summed E-state index contributed by atoms with van der Waals surface area (Å²) < 4.78 is 1.60. The van der Waals surface area contributed by atoms with Crippen LogP contribution < -0.4 is 5.56 Å². The first-order valence-electron chi connectivity index (χ1n) is 5.30. The molecule has 0 fully saturated rings. The molecule has 0 radical (unpaired) electrons. The predicted molar refractivity (Wildman–Crippen MR) is 68.3 cm³/mol. The highest BCUT2D eigenvalue weighted by atomic mass is 35.5. The van der Waals surface area contributed by atoms with Crippen LogP contribution in [0.4, 0.5) is 0 Å². The number of aryl methyl sites for hydroxylation is 1. The third kappa shape index (κ3) is 1.63. The number of halogens is 1. The Morgan fingerprint density at radius 2 is 2.00 bits per heavy atom. The molecule has 0 saturated carbocycles. The number of fused-ring (bicyclic) bond motifs is 1. The number of aromatic nitrogens is 1. The topological polar surface area (TPSA) is 22.0 Å². The van der Waals surface area contributed by atoms with Crippen molar-refractivity contribution in [2.24, 2.45) is 7.05 Å². The zero-order valence-corrected chi connectivity index (χ0v) is 10.4. The lowest BCUT2D eigenvalue weighted by Gasteiger charge is -2.12. The second kappa shape index (κ2) is 3.95. The Bertz CT molecular complexity index is 599. The van der Waals surface area contributed by atoms with E-state index in [0.717, 1.165) is 10.9 Å². The van der Waals surface area contributed by atoms with E-state index in [9.17, 15) is 4.79 Å². The summed E-state index contributed by atoms with van der Waals surface area (Å²) in [7, 11) is 1.76. The molecule has 16 heavy (non-hydrogen) atoms. The van der Waals surface area contributed by atoms with Crippen molar-refractivity contribution in [1.82, 2.24) is 4.57 Å². The summed E-state index contributed by atoms with van der Waals surface area (Å²) in [5.74, 6) is 0.368. The largest absolute Gasteiger partial charge is 0.318 e. The minimum atomic E-state index is -0.0370. The van der Waals surface area contributed by atoms with E-state index >= 15 is 0 Å². The van der Waals surface area contributed by atoms with Crippen molar-refractivity contribution in [1.29, 1.82) is 0 Å². The zero-order chi connectivity index (χ0) is 11.9. The fourth-order valence-electron chi connectivity index (χ4n) is 1.96. The Balaban J connectivity index is 3.01. The van der Waals surface area contributed by atoms with Gasteiger partial charge < -0.3 is 4.57 Å². The predicted octanol–water partition coefficient (Wildman–Crippen LogP) is 3.32. The molecule has 1 aromatic heterocycles. The van der Waals surface area contributed by atoms with E-state index in [1.54, 1.807) is 17.7 Å². The van der Waals surface area contributed by atoms with Crippen LogP contribution in [0.2, 0.25) is 5.02 Å². The van der Waals surface area contributed by atoms with Gasteiger partial charge in [-0.05, 0) is 22.9 Å². The summed E-state index contributed by atoms with van der Waals surface area (Å²) in [6, 6.07) is 5.60. The molecule has 0 atom stereocenters. The van der Waals surface area contributed by atoms with Gasteiger partial charge in [0.2, 0.25) is 0 Å². The minimum Gasteiger partial charge on any atom is -0.318 e. The molecule has 1 aromatic carbocycles. The highest BCUT2D eigenvalue weighted by Gasteiger charge is 2.11. The molecule has 1 heterocycles. The van der Waals surface area contributed by atoms with Crippen molar-refractivity contribution >= 4 is 22.4 Å². The molecule has 0 amide bonds. The van der Waals surface area contributed by atoms with Gasteiger partial charge in [-0.3, -0.25) is 4.79 Å². The van der Waals surface area contributed by atoms with Crippen molar-refractivity contribution in [3.8, 4) is 0 Å². The van der Waals surface area contributed by atoms with Gasteiger partial charge in [-0.1, -0.05) is 37.6 Å². The van der Waals surface area contributed by atoms with Gasteiger partial charge in [0.1, 0.15) is 0 Å². The first kappa shape index (κ1) is 11.2. The molecule has 0 N–H and O–H groups in total. The lowest BCUT2D eigenvalue weighted by atomic mass is 9.98. The van der Waals surface area contributed by atoms with Crippen molar-refractivity contribution < 1.29 is 0 Å². The maximum absolute atomic E-state index is 12.0. The molecule has 3 heteroatoms. The van der Waals surface area contributed by atoms with Crippen LogP contribution in [0.15, 0.2) is 29.2 Å². The first-order chi connectivity index (χ1) is 7.52. The van der Waals surface area contributed by atoms with Gasteiger partial charge in [0.15, 0.2) is 0 Å². The third-order valence-corrected chi connectivity index (χ3v) is 3.13. The monoisotopic (exact) mass is 235 g/mol. The van der Waals surface area contributed by atoms with Crippen LogP contribution in [0.3, 0.4) is 0 Å². The van der Waals surface area contributed by atoms with E-state index < -0.39 is 0 Å². The summed E-state index contributed by atoms with van der Waals surface area (Å²) in [6.45, 7) is 4.22. The van der Waals surface area contributed by atoms with Crippen molar-refractivity contribution in [3.63, 3.8) is 0 Å². The van der Waals surface area contributed by atoms with Crippen molar-refractivity contribution in [3.05, 3.63) is 45.3 Å². The molecule has 84 valence electrons. The van der Waals surface area contributed by atoms with Gasteiger partial charge in [-0.25, -0.2) is 0 Å². The Hall–Kier alpha value is -1.28. The van der Waals surface area contributed by atoms with Gasteiger partial charge in [-0.15, -0.1) is 0 Å². The van der Waals surface area contributed by atoms with E-state index in [4.69, 9.17) is 11.6 Å². The summed E-state index contributed by atoms with van der Waals surface area (Å²) in [6.07, 6.45) is 1.89. The Morgan fingerprint density at radius 3 is 2.62 bits per heavy atom. The average molecular weight is 236 g/mol. The van der Waals surface area contributed by atoms with Crippen LogP contribution >= 0.6 is 11.6 Å². The molecule has 0 aliphatic rings. The molecule has 0 unspecified atom stereocenters. The van der Waals surface area contributed by atoms with Crippen molar-refractivity contribution in [2.75, 3.05) is 0 Å². The molecular formula is C13H14ClNO. The standard InChI is InChI=1S/C13H14ClNO/c1-8(2)10-7-15(3)13(16)12-9(10)5-4-6-11(12)14/h4-8H,1-3H3. The number of nitrogens with zero attached hydrogens (tertiary/aromatic N) is 1.